The number of benzene rings is 1. The van der Waals surface area contributed by atoms with Gasteiger partial charge in [-0.1, -0.05) is 41.8 Å². The number of ether oxygens (including phenoxy) is 2. The van der Waals surface area contributed by atoms with Crippen LogP contribution in [0.15, 0.2) is 26.9 Å². The number of methoxy groups -OCH3 is 2. The largest absolute Gasteiger partial charge is 0.497 e. The number of thioether (sulfide) groups is 2. The topological polar surface area (TPSA) is 73.3 Å². The summed E-state index contributed by atoms with van der Waals surface area (Å²) in [6.45, 7) is 2.13. The minimum atomic E-state index is -0.124. The van der Waals surface area contributed by atoms with Crippen LogP contribution < -0.4 is 14.8 Å². The van der Waals surface area contributed by atoms with Crippen molar-refractivity contribution in [2.24, 2.45) is 0 Å². The van der Waals surface area contributed by atoms with Crippen LogP contribution in [0.4, 0.5) is 5.69 Å². The molecule has 0 radical (unpaired) electrons. The molecule has 1 amide bonds. The lowest BCUT2D eigenvalue weighted by Crippen LogP contribution is -2.14. The zero-order valence-electron chi connectivity index (χ0n) is 13.7. The van der Waals surface area contributed by atoms with E-state index in [1.807, 2.05) is 0 Å². The molecule has 0 spiro atoms. The quantitative estimate of drug-likeness (QED) is 0.658. The van der Waals surface area contributed by atoms with Crippen LogP contribution in [-0.2, 0) is 4.79 Å². The number of nitrogens with zero attached hydrogens (tertiary/aromatic N) is 2. The minimum absolute atomic E-state index is 0.124. The van der Waals surface area contributed by atoms with Crippen molar-refractivity contribution in [3.63, 3.8) is 0 Å². The molecule has 0 unspecified atom stereocenters. The van der Waals surface area contributed by atoms with Gasteiger partial charge in [-0.2, -0.15) is 0 Å². The van der Waals surface area contributed by atoms with E-state index in [9.17, 15) is 4.79 Å². The van der Waals surface area contributed by atoms with Crippen molar-refractivity contribution in [3.8, 4) is 11.5 Å². The van der Waals surface area contributed by atoms with E-state index < -0.39 is 0 Å². The van der Waals surface area contributed by atoms with Gasteiger partial charge in [0.2, 0.25) is 5.91 Å². The maximum Gasteiger partial charge on any atom is 0.234 e. The maximum atomic E-state index is 12.1. The van der Waals surface area contributed by atoms with Gasteiger partial charge in [0, 0.05) is 11.8 Å². The number of nitrogens with one attached hydrogen (secondary N) is 1. The molecule has 2 aromatic rings. The fourth-order valence-corrected chi connectivity index (χ4v) is 4.46. The molecule has 130 valence electrons. The lowest BCUT2D eigenvalue weighted by molar-refractivity contribution is -0.113. The lowest BCUT2D eigenvalue weighted by Gasteiger charge is -2.11. The van der Waals surface area contributed by atoms with Crippen molar-refractivity contribution >= 4 is 46.5 Å². The van der Waals surface area contributed by atoms with Gasteiger partial charge in [-0.05, 0) is 18.6 Å². The third-order valence-corrected chi connectivity index (χ3v) is 6.22. The molecule has 2 rings (SSSR count). The molecule has 1 heterocycles. The van der Waals surface area contributed by atoms with Crippen molar-refractivity contribution in [2.75, 3.05) is 31.0 Å². The summed E-state index contributed by atoms with van der Waals surface area (Å²) in [5.41, 5.74) is 0.611. The fourth-order valence-electron chi connectivity index (χ4n) is 1.72. The van der Waals surface area contributed by atoms with Crippen LogP contribution in [0.1, 0.15) is 13.3 Å². The first-order valence-corrected chi connectivity index (χ1v) is 10.1. The second-order valence-corrected chi connectivity index (χ2v) is 8.13. The average Bonchev–Trinajstić information content (AvgIpc) is 3.06. The molecule has 24 heavy (non-hydrogen) atoms. The number of hydrogen-bond donors (Lipinski definition) is 1. The van der Waals surface area contributed by atoms with Crippen LogP contribution in [0.5, 0.6) is 11.5 Å². The van der Waals surface area contributed by atoms with E-state index in [1.165, 1.54) is 23.1 Å². The van der Waals surface area contributed by atoms with Crippen molar-refractivity contribution in [1.29, 1.82) is 0 Å². The number of hydrogen-bond acceptors (Lipinski definition) is 8. The molecule has 6 nitrogen and oxygen atoms in total. The van der Waals surface area contributed by atoms with E-state index in [2.05, 4.69) is 22.4 Å². The number of aromatic nitrogens is 2. The summed E-state index contributed by atoms with van der Waals surface area (Å²) < 4.78 is 12.1. The Kier molecular flexibility index (Phi) is 7.67. The molecule has 1 aromatic heterocycles. The minimum Gasteiger partial charge on any atom is -0.497 e. The highest BCUT2D eigenvalue weighted by Crippen LogP contribution is 2.31. The molecular formula is C15H19N3O3S3. The van der Waals surface area contributed by atoms with Gasteiger partial charge < -0.3 is 14.8 Å². The summed E-state index contributed by atoms with van der Waals surface area (Å²) in [5.74, 6) is 2.40. The number of carbonyl (C=O) groups is 1. The first-order valence-electron chi connectivity index (χ1n) is 7.27. The summed E-state index contributed by atoms with van der Waals surface area (Å²) in [6.07, 6.45) is 1.10. The standard InChI is InChI=1S/C15H19N3O3S3/c1-4-7-22-14-17-18-15(24-14)23-9-13(19)16-11-6-5-10(20-2)8-12(11)21-3/h5-6,8H,4,7,9H2,1-3H3,(H,16,19). The zero-order chi connectivity index (χ0) is 17.4. The van der Waals surface area contributed by atoms with Crippen LogP contribution in [0.2, 0.25) is 0 Å². The molecule has 0 aliphatic rings. The smallest absolute Gasteiger partial charge is 0.234 e. The number of carbonyl (C=O) groups excluding carboxylic acids is 1. The molecule has 0 fully saturated rings. The van der Waals surface area contributed by atoms with Crippen molar-refractivity contribution in [2.45, 2.75) is 22.0 Å². The van der Waals surface area contributed by atoms with Gasteiger partial charge in [-0.15, -0.1) is 10.2 Å². The highest BCUT2D eigenvalue weighted by atomic mass is 32.2. The molecule has 0 aliphatic heterocycles. The molecule has 0 atom stereocenters. The van der Waals surface area contributed by atoms with Crippen molar-refractivity contribution in [1.82, 2.24) is 10.2 Å². The predicted molar refractivity (Wildman–Crippen MR) is 99.8 cm³/mol. The normalized spacial score (nSPS) is 10.5. The Bertz CT molecular complexity index is 679. The third-order valence-electron chi connectivity index (χ3n) is 2.83. The third kappa shape index (κ3) is 5.57. The van der Waals surface area contributed by atoms with Crippen LogP contribution in [0.25, 0.3) is 0 Å². The molecule has 0 saturated carbocycles. The Morgan fingerprint density at radius 3 is 2.62 bits per heavy atom. The van der Waals surface area contributed by atoms with Gasteiger partial charge in [0.05, 0.1) is 25.7 Å². The molecule has 1 N–H and O–H groups in total. The zero-order valence-corrected chi connectivity index (χ0v) is 16.1. The number of rotatable bonds is 9. The number of amides is 1. The molecule has 0 bridgehead atoms. The van der Waals surface area contributed by atoms with Crippen LogP contribution in [0.3, 0.4) is 0 Å². The van der Waals surface area contributed by atoms with Crippen molar-refractivity contribution in [3.05, 3.63) is 18.2 Å². The molecule has 0 saturated heterocycles. The summed E-state index contributed by atoms with van der Waals surface area (Å²) >= 11 is 4.58. The second-order valence-electron chi connectivity index (χ2n) is 4.59. The highest BCUT2D eigenvalue weighted by Gasteiger charge is 2.11. The number of anilines is 1. The first-order chi connectivity index (χ1) is 11.7. The Morgan fingerprint density at radius 1 is 1.21 bits per heavy atom. The van der Waals surface area contributed by atoms with Crippen LogP contribution >= 0.6 is 34.9 Å². The van der Waals surface area contributed by atoms with Crippen LogP contribution in [0, 0.1) is 0 Å². The second kappa shape index (κ2) is 9.75. The van der Waals surface area contributed by atoms with Crippen LogP contribution in [-0.4, -0.2) is 41.8 Å². The summed E-state index contributed by atoms with van der Waals surface area (Å²) in [6, 6.07) is 5.25. The Morgan fingerprint density at radius 2 is 1.96 bits per heavy atom. The van der Waals surface area contributed by atoms with Gasteiger partial charge in [0.15, 0.2) is 8.68 Å². The fraction of sp³-hybridized carbons (Fsp3) is 0.400. The monoisotopic (exact) mass is 385 g/mol. The van der Waals surface area contributed by atoms with E-state index >= 15 is 0 Å². The van der Waals surface area contributed by atoms with Gasteiger partial charge in [0.25, 0.3) is 0 Å². The average molecular weight is 386 g/mol. The Hall–Kier alpha value is -1.45. The molecule has 9 heteroatoms. The summed E-state index contributed by atoms with van der Waals surface area (Å²) in [4.78, 5) is 12.1. The van der Waals surface area contributed by atoms with Gasteiger partial charge >= 0.3 is 0 Å². The van der Waals surface area contributed by atoms with E-state index in [-0.39, 0.29) is 11.7 Å². The van der Waals surface area contributed by atoms with E-state index in [1.54, 1.807) is 44.2 Å². The van der Waals surface area contributed by atoms with Gasteiger partial charge in [0.1, 0.15) is 11.5 Å². The highest BCUT2D eigenvalue weighted by molar-refractivity contribution is 8.03. The maximum absolute atomic E-state index is 12.1. The summed E-state index contributed by atoms with van der Waals surface area (Å²) in [5, 5.41) is 11.0. The van der Waals surface area contributed by atoms with Gasteiger partial charge in [-0.25, -0.2) is 0 Å². The molecular weight excluding hydrogens is 366 g/mol. The van der Waals surface area contributed by atoms with Gasteiger partial charge in [-0.3, -0.25) is 4.79 Å². The van der Waals surface area contributed by atoms with E-state index in [0.29, 0.717) is 17.2 Å². The predicted octanol–water partition coefficient (Wildman–Crippen LogP) is 3.79. The first kappa shape index (κ1) is 18.9. The molecule has 0 aliphatic carbocycles. The SMILES string of the molecule is CCCSc1nnc(SCC(=O)Nc2ccc(OC)cc2OC)s1. The lowest BCUT2D eigenvalue weighted by atomic mass is 10.2. The van der Waals surface area contributed by atoms with E-state index in [4.69, 9.17) is 9.47 Å². The van der Waals surface area contributed by atoms with Crippen molar-refractivity contribution < 1.29 is 14.3 Å². The Labute approximate surface area is 153 Å². The molecule has 1 aromatic carbocycles. The van der Waals surface area contributed by atoms with E-state index in [0.717, 1.165) is 20.9 Å². The summed E-state index contributed by atoms with van der Waals surface area (Å²) in [7, 11) is 3.13. The Balaban J connectivity index is 1.88.